The Morgan fingerprint density at radius 1 is 1.50 bits per heavy atom. The fourth-order valence-corrected chi connectivity index (χ4v) is 1.04. The molecule has 0 aliphatic heterocycles. The van der Waals surface area contributed by atoms with Crippen LogP contribution in [0.3, 0.4) is 0 Å². The average Bonchev–Trinajstić information content (AvgIpc) is 2.16. The van der Waals surface area contributed by atoms with Gasteiger partial charge in [0.15, 0.2) is 0 Å². The second kappa shape index (κ2) is 5.24. The summed E-state index contributed by atoms with van der Waals surface area (Å²) >= 11 is 0. The Morgan fingerprint density at radius 2 is 2.21 bits per heavy atom. The molecule has 0 bridgehead atoms. The number of aliphatic hydroxyl groups is 1. The molecule has 0 radical (unpaired) electrons. The van der Waals surface area contributed by atoms with Crippen molar-refractivity contribution in [3.05, 3.63) is 24.3 Å². The molecule has 0 saturated heterocycles. The highest BCUT2D eigenvalue weighted by Crippen LogP contribution is 2.23. The van der Waals surface area contributed by atoms with E-state index in [1.54, 1.807) is 24.3 Å². The number of hydrogen-bond acceptors (Lipinski definition) is 3. The van der Waals surface area contributed by atoms with Crippen LogP contribution in [-0.2, 0) is 4.79 Å². The first-order valence-corrected chi connectivity index (χ1v) is 4.34. The number of carbonyl (C=O) groups excluding carboxylic acids is 1. The molecule has 4 heteroatoms. The Kier molecular flexibility index (Phi) is 3.94. The summed E-state index contributed by atoms with van der Waals surface area (Å²) in [5, 5.41) is 11.2. The normalized spacial score (nSPS) is 9.57. The minimum Gasteiger partial charge on any atom is -0.489 e. The molecule has 0 unspecified atom stereocenters. The average molecular weight is 195 g/mol. The van der Waals surface area contributed by atoms with Crippen molar-refractivity contribution in [1.29, 1.82) is 0 Å². The third kappa shape index (κ3) is 3.06. The second-order valence-electron chi connectivity index (χ2n) is 2.75. The summed E-state index contributed by atoms with van der Waals surface area (Å²) in [7, 11) is 0. The highest BCUT2D eigenvalue weighted by molar-refractivity contribution is 5.90. The summed E-state index contributed by atoms with van der Waals surface area (Å²) in [5.41, 5.74) is 0.619. The van der Waals surface area contributed by atoms with Gasteiger partial charge in [-0.1, -0.05) is 12.1 Å². The van der Waals surface area contributed by atoms with Crippen LogP contribution in [0.1, 0.15) is 6.92 Å². The van der Waals surface area contributed by atoms with E-state index in [0.717, 1.165) is 0 Å². The van der Waals surface area contributed by atoms with Crippen LogP contribution < -0.4 is 10.1 Å². The van der Waals surface area contributed by atoms with Crippen LogP contribution in [0.15, 0.2) is 24.3 Å². The predicted octanol–water partition coefficient (Wildman–Crippen LogP) is 1.02. The highest BCUT2D eigenvalue weighted by Gasteiger charge is 2.03. The number of benzene rings is 1. The zero-order valence-corrected chi connectivity index (χ0v) is 7.99. The molecule has 1 rings (SSSR count). The summed E-state index contributed by atoms with van der Waals surface area (Å²) < 4.78 is 5.22. The van der Waals surface area contributed by atoms with Crippen LogP contribution in [-0.4, -0.2) is 24.2 Å². The molecule has 1 aromatic rings. The van der Waals surface area contributed by atoms with E-state index in [1.807, 2.05) is 0 Å². The van der Waals surface area contributed by atoms with Crippen molar-refractivity contribution in [2.45, 2.75) is 6.92 Å². The highest BCUT2D eigenvalue weighted by atomic mass is 16.5. The number of amides is 1. The van der Waals surface area contributed by atoms with Gasteiger partial charge in [-0.2, -0.15) is 0 Å². The minimum atomic E-state index is -0.148. The first kappa shape index (κ1) is 10.5. The quantitative estimate of drug-likeness (QED) is 0.754. The Labute approximate surface area is 82.5 Å². The molecular formula is C10H13NO3. The summed E-state index contributed by atoms with van der Waals surface area (Å²) in [4.78, 5) is 10.8. The molecule has 1 aromatic carbocycles. The number of anilines is 1. The zero-order chi connectivity index (χ0) is 10.4. The molecular weight excluding hydrogens is 182 g/mol. The van der Waals surface area contributed by atoms with Gasteiger partial charge >= 0.3 is 0 Å². The maximum absolute atomic E-state index is 10.8. The number of carbonyl (C=O) groups is 1. The molecule has 1 amide bonds. The Balaban J connectivity index is 2.74. The van der Waals surface area contributed by atoms with Gasteiger partial charge in [-0.15, -0.1) is 0 Å². The maximum atomic E-state index is 10.8. The smallest absolute Gasteiger partial charge is 0.221 e. The van der Waals surface area contributed by atoms with Gasteiger partial charge in [0.2, 0.25) is 5.91 Å². The summed E-state index contributed by atoms with van der Waals surface area (Å²) in [6.45, 7) is 1.60. The monoisotopic (exact) mass is 195 g/mol. The van der Waals surface area contributed by atoms with Crippen molar-refractivity contribution in [3.63, 3.8) is 0 Å². The van der Waals surface area contributed by atoms with Crippen LogP contribution >= 0.6 is 0 Å². The molecule has 0 saturated carbocycles. The number of aliphatic hydroxyl groups excluding tert-OH is 1. The van der Waals surface area contributed by atoms with Gasteiger partial charge in [0.25, 0.3) is 0 Å². The van der Waals surface area contributed by atoms with E-state index in [1.165, 1.54) is 6.92 Å². The molecule has 0 heterocycles. The molecule has 4 nitrogen and oxygen atoms in total. The largest absolute Gasteiger partial charge is 0.489 e. The number of para-hydroxylation sites is 2. The van der Waals surface area contributed by atoms with Gasteiger partial charge in [-0.05, 0) is 12.1 Å². The molecule has 0 atom stereocenters. The molecule has 76 valence electrons. The van der Waals surface area contributed by atoms with Gasteiger partial charge in [-0.3, -0.25) is 4.79 Å². The van der Waals surface area contributed by atoms with Crippen molar-refractivity contribution >= 4 is 11.6 Å². The molecule has 0 spiro atoms. The zero-order valence-electron chi connectivity index (χ0n) is 7.99. The SMILES string of the molecule is CC(=O)Nc1ccccc1OCCO. The third-order valence-electron chi connectivity index (χ3n) is 1.55. The first-order chi connectivity index (χ1) is 6.74. The molecule has 0 aliphatic rings. The second-order valence-corrected chi connectivity index (χ2v) is 2.75. The lowest BCUT2D eigenvalue weighted by Gasteiger charge is -2.10. The van der Waals surface area contributed by atoms with E-state index < -0.39 is 0 Å². The summed E-state index contributed by atoms with van der Waals surface area (Å²) in [6.07, 6.45) is 0. The molecule has 0 fully saturated rings. The molecule has 0 aromatic heterocycles. The number of ether oxygens (including phenoxy) is 1. The van der Waals surface area contributed by atoms with Gasteiger partial charge < -0.3 is 15.2 Å². The van der Waals surface area contributed by atoms with E-state index in [-0.39, 0.29) is 19.1 Å². The summed E-state index contributed by atoms with van der Waals surface area (Å²) in [6, 6.07) is 7.09. The van der Waals surface area contributed by atoms with E-state index >= 15 is 0 Å². The molecule has 0 aliphatic carbocycles. The first-order valence-electron chi connectivity index (χ1n) is 4.34. The van der Waals surface area contributed by atoms with E-state index in [9.17, 15) is 4.79 Å². The number of rotatable bonds is 4. The van der Waals surface area contributed by atoms with Crippen molar-refractivity contribution in [1.82, 2.24) is 0 Å². The van der Waals surface area contributed by atoms with Gasteiger partial charge in [0.1, 0.15) is 12.4 Å². The summed E-state index contributed by atoms with van der Waals surface area (Å²) in [5.74, 6) is 0.418. The lowest BCUT2D eigenvalue weighted by Crippen LogP contribution is -2.09. The van der Waals surface area contributed by atoms with Crippen LogP contribution in [0, 0.1) is 0 Å². The number of hydrogen-bond donors (Lipinski definition) is 2. The van der Waals surface area contributed by atoms with Crippen molar-refractivity contribution in [2.24, 2.45) is 0 Å². The van der Waals surface area contributed by atoms with Crippen LogP contribution in [0.2, 0.25) is 0 Å². The topological polar surface area (TPSA) is 58.6 Å². The Hall–Kier alpha value is -1.55. The predicted molar refractivity (Wildman–Crippen MR) is 53.3 cm³/mol. The van der Waals surface area contributed by atoms with Gasteiger partial charge in [0.05, 0.1) is 12.3 Å². The van der Waals surface area contributed by atoms with Crippen LogP contribution in [0.4, 0.5) is 5.69 Å². The van der Waals surface area contributed by atoms with E-state index in [0.29, 0.717) is 11.4 Å². The van der Waals surface area contributed by atoms with Crippen LogP contribution in [0.5, 0.6) is 5.75 Å². The molecule has 14 heavy (non-hydrogen) atoms. The lowest BCUT2D eigenvalue weighted by atomic mass is 10.3. The maximum Gasteiger partial charge on any atom is 0.221 e. The fourth-order valence-electron chi connectivity index (χ4n) is 1.04. The lowest BCUT2D eigenvalue weighted by molar-refractivity contribution is -0.114. The minimum absolute atomic E-state index is 0.0472. The fraction of sp³-hybridized carbons (Fsp3) is 0.300. The van der Waals surface area contributed by atoms with E-state index in [2.05, 4.69) is 5.32 Å². The Bertz CT molecular complexity index is 312. The third-order valence-corrected chi connectivity index (χ3v) is 1.55. The van der Waals surface area contributed by atoms with Crippen molar-refractivity contribution in [2.75, 3.05) is 18.5 Å². The van der Waals surface area contributed by atoms with Crippen molar-refractivity contribution < 1.29 is 14.6 Å². The van der Waals surface area contributed by atoms with Gasteiger partial charge in [0, 0.05) is 6.92 Å². The Morgan fingerprint density at radius 3 is 2.86 bits per heavy atom. The van der Waals surface area contributed by atoms with Crippen molar-refractivity contribution in [3.8, 4) is 5.75 Å². The molecule has 2 N–H and O–H groups in total. The van der Waals surface area contributed by atoms with Gasteiger partial charge in [-0.25, -0.2) is 0 Å². The van der Waals surface area contributed by atoms with E-state index in [4.69, 9.17) is 9.84 Å². The standard InChI is InChI=1S/C10H13NO3/c1-8(13)11-9-4-2-3-5-10(9)14-7-6-12/h2-5,12H,6-7H2,1H3,(H,11,13). The number of nitrogens with one attached hydrogen (secondary N) is 1. The van der Waals surface area contributed by atoms with Crippen LogP contribution in [0.25, 0.3) is 0 Å².